The number of carbonyl (C=O) groups excluding carboxylic acids is 2. The van der Waals surface area contributed by atoms with Crippen molar-refractivity contribution in [2.24, 2.45) is 5.92 Å². The molecule has 2 aromatic rings. The second-order valence-electron chi connectivity index (χ2n) is 9.30. The first-order valence-electron chi connectivity index (χ1n) is 12.4. The Hall–Kier alpha value is -2.75. The fourth-order valence-electron chi connectivity index (χ4n) is 4.86. The lowest BCUT2D eigenvalue weighted by molar-refractivity contribution is -0.134. The third-order valence-electron chi connectivity index (χ3n) is 6.70. The molecule has 202 valence electrons. The smallest absolute Gasteiger partial charge is 0.361 e. The Morgan fingerprint density at radius 2 is 2.00 bits per heavy atom. The van der Waals surface area contributed by atoms with Gasteiger partial charge in [-0.25, -0.2) is 4.57 Å². The first-order chi connectivity index (χ1) is 17.5. The molecule has 4 rings (SSSR count). The van der Waals surface area contributed by atoms with E-state index < -0.39 is 7.82 Å². The number of hydrogen-bond acceptors (Lipinski definition) is 5. The van der Waals surface area contributed by atoms with Crippen molar-refractivity contribution in [2.75, 3.05) is 39.8 Å². The molecule has 0 fully saturated rings. The summed E-state index contributed by atoms with van der Waals surface area (Å²) in [5, 5.41) is 3.69. The quantitative estimate of drug-likeness (QED) is 0.233. The minimum absolute atomic E-state index is 0.0385. The van der Waals surface area contributed by atoms with E-state index in [-0.39, 0.29) is 30.9 Å². The van der Waals surface area contributed by atoms with Crippen LogP contribution in [0.25, 0.3) is 16.5 Å². The van der Waals surface area contributed by atoms with Crippen LogP contribution in [0.4, 0.5) is 0 Å². The maximum atomic E-state index is 12.9. The van der Waals surface area contributed by atoms with E-state index in [0.29, 0.717) is 11.6 Å². The summed E-state index contributed by atoms with van der Waals surface area (Å²) < 4.78 is 14.2. The zero-order valence-corrected chi connectivity index (χ0v) is 22.8. The first kappa shape index (κ1) is 28.8. The van der Waals surface area contributed by atoms with Crippen LogP contribution in [0.15, 0.2) is 42.6 Å². The molecule has 11 heteroatoms. The van der Waals surface area contributed by atoms with E-state index >= 15 is 0 Å². The van der Waals surface area contributed by atoms with E-state index in [1.165, 1.54) is 34.5 Å². The third kappa shape index (κ3) is 6.97. The SMILES string of the molecule is C=C(C)C(=O)NCCOP(=O)(O)O.CCN(CC)C(=O)[C@@H]1C=C2c3cccc4[nH]cc(c34)C[C@H]2N(C)C1. The van der Waals surface area contributed by atoms with Gasteiger partial charge in [0, 0.05) is 54.9 Å². The lowest BCUT2D eigenvalue weighted by Gasteiger charge is -2.40. The minimum atomic E-state index is -4.42. The summed E-state index contributed by atoms with van der Waals surface area (Å²) in [4.78, 5) is 47.9. The summed E-state index contributed by atoms with van der Waals surface area (Å²) in [5.41, 5.74) is 5.54. The minimum Gasteiger partial charge on any atom is -0.361 e. The molecule has 0 radical (unpaired) electrons. The van der Waals surface area contributed by atoms with Crippen LogP contribution >= 0.6 is 7.82 Å². The number of phosphoric acid groups is 1. The molecule has 0 saturated carbocycles. The van der Waals surface area contributed by atoms with Gasteiger partial charge in [-0.15, -0.1) is 0 Å². The van der Waals surface area contributed by atoms with E-state index in [4.69, 9.17) is 9.79 Å². The van der Waals surface area contributed by atoms with Gasteiger partial charge in [0.2, 0.25) is 11.8 Å². The van der Waals surface area contributed by atoms with E-state index in [9.17, 15) is 14.2 Å². The van der Waals surface area contributed by atoms with E-state index in [2.05, 4.69) is 77.7 Å². The number of carbonyl (C=O) groups is 2. The zero-order valence-electron chi connectivity index (χ0n) is 21.9. The van der Waals surface area contributed by atoms with Crippen LogP contribution in [0, 0.1) is 5.92 Å². The van der Waals surface area contributed by atoms with Gasteiger partial charge in [0.05, 0.1) is 12.5 Å². The molecule has 0 spiro atoms. The number of likely N-dealkylation sites (N-methyl/N-ethyl adjacent to an activating group) is 1. The predicted octanol–water partition coefficient (Wildman–Crippen LogP) is 2.69. The Morgan fingerprint density at radius 1 is 1.30 bits per heavy atom. The highest BCUT2D eigenvalue weighted by molar-refractivity contribution is 7.46. The average Bonchev–Trinajstić information content (AvgIpc) is 3.27. The van der Waals surface area contributed by atoms with Crippen molar-refractivity contribution >= 4 is 36.1 Å². The Labute approximate surface area is 217 Å². The molecule has 1 aromatic heterocycles. The fraction of sp³-hybridized carbons (Fsp3) is 0.462. The van der Waals surface area contributed by atoms with Crippen LogP contribution in [0.3, 0.4) is 0 Å². The zero-order chi connectivity index (χ0) is 27.3. The topological polar surface area (TPSA) is 135 Å². The predicted molar refractivity (Wildman–Crippen MR) is 144 cm³/mol. The van der Waals surface area contributed by atoms with Crippen molar-refractivity contribution in [2.45, 2.75) is 33.2 Å². The Bertz CT molecular complexity index is 1230. The molecule has 0 saturated heterocycles. The number of phosphoric ester groups is 1. The molecule has 4 N–H and O–H groups in total. The molecule has 1 aliphatic heterocycles. The van der Waals surface area contributed by atoms with E-state index in [0.717, 1.165) is 26.1 Å². The van der Waals surface area contributed by atoms with Gasteiger partial charge in [0.25, 0.3) is 0 Å². The van der Waals surface area contributed by atoms with Crippen LogP contribution in [-0.2, 0) is 25.1 Å². The van der Waals surface area contributed by atoms with Crippen molar-refractivity contribution in [1.82, 2.24) is 20.1 Å². The van der Waals surface area contributed by atoms with Crippen molar-refractivity contribution in [1.29, 1.82) is 0 Å². The highest BCUT2D eigenvalue weighted by Gasteiger charge is 2.36. The Kier molecular flexibility index (Phi) is 9.50. The number of aromatic amines is 1. The summed E-state index contributed by atoms with van der Waals surface area (Å²) in [6.07, 6.45) is 5.41. The molecular formula is C26H37N4O6P. The van der Waals surface area contributed by atoms with Gasteiger partial charge in [-0.1, -0.05) is 24.8 Å². The molecule has 10 nitrogen and oxygen atoms in total. The number of nitrogens with one attached hydrogen (secondary N) is 2. The molecule has 2 aliphatic rings. The summed E-state index contributed by atoms with van der Waals surface area (Å²) >= 11 is 0. The Balaban J connectivity index is 0.000000251. The largest absolute Gasteiger partial charge is 0.469 e. The van der Waals surface area contributed by atoms with Crippen LogP contribution in [-0.4, -0.2) is 82.3 Å². The highest BCUT2D eigenvalue weighted by Crippen LogP contribution is 2.41. The summed E-state index contributed by atoms with van der Waals surface area (Å²) in [7, 11) is -2.27. The van der Waals surface area contributed by atoms with Crippen molar-refractivity contribution in [3.8, 4) is 0 Å². The van der Waals surface area contributed by atoms with Gasteiger partial charge in [0.1, 0.15) is 0 Å². The van der Waals surface area contributed by atoms with Gasteiger partial charge in [0.15, 0.2) is 0 Å². The van der Waals surface area contributed by atoms with Crippen LogP contribution < -0.4 is 5.32 Å². The van der Waals surface area contributed by atoms with E-state index in [1.807, 2.05) is 4.90 Å². The maximum Gasteiger partial charge on any atom is 0.469 e. The number of H-pyrrole nitrogens is 1. The highest BCUT2D eigenvalue weighted by atomic mass is 31.2. The number of amides is 2. The molecule has 37 heavy (non-hydrogen) atoms. The molecule has 0 bridgehead atoms. The fourth-order valence-corrected chi connectivity index (χ4v) is 5.18. The maximum absolute atomic E-state index is 12.9. The number of benzene rings is 1. The average molecular weight is 533 g/mol. The molecule has 1 aromatic carbocycles. The monoisotopic (exact) mass is 532 g/mol. The van der Waals surface area contributed by atoms with Gasteiger partial charge in [-0.3, -0.25) is 19.0 Å². The van der Waals surface area contributed by atoms with Crippen molar-refractivity contribution in [3.05, 3.63) is 53.8 Å². The number of aromatic nitrogens is 1. The molecule has 0 unspecified atom stereocenters. The number of hydrogen-bond donors (Lipinski definition) is 4. The first-order valence-corrected chi connectivity index (χ1v) is 13.9. The van der Waals surface area contributed by atoms with Gasteiger partial charge in [-0.2, -0.15) is 0 Å². The van der Waals surface area contributed by atoms with E-state index in [1.54, 1.807) is 0 Å². The molecule has 2 atom stereocenters. The number of fused-ring (bicyclic) bond motifs is 2. The molecular weight excluding hydrogens is 495 g/mol. The summed E-state index contributed by atoms with van der Waals surface area (Å²) in [6.45, 7) is 11.2. The lowest BCUT2D eigenvalue weighted by Crippen LogP contribution is -2.47. The second-order valence-corrected chi connectivity index (χ2v) is 10.5. The van der Waals surface area contributed by atoms with Gasteiger partial charge in [-0.05, 0) is 57.0 Å². The molecule has 1 aliphatic carbocycles. The molecule has 2 heterocycles. The number of nitrogens with zero attached hydrogens (tertiary/aromatic N) is 2. The summed E-state index contributed by atoms with van der Waals surface area (Å²) in [5.74, 6) is -0.156. The Morgan fingerprint density at radius 3 is 2.62 bits per heavy atom. The van der Waals surface area contributed by atoms with Crippen molar-refractivity contribution < 1.29 is 28.5 Å². The van der Waals surface area contributed by atoms with Gasteiger partial charge >= 0.3 is 7.82 Å². The summed E-state index contributed by atoms with van der Waals surface area (Å²) in [6, 6.07) is 6.82. The van der Waals surface area contributed by atoms with Crippen LogP contribution in [0.1, 0.15) is 31.9 Å². The normalized spacial score (nSPS) is 18.8. The lowest BCUT2D eigenvalue weighted by atomic mass is 9.79. The molecule has 2 amide bonds. The second kappa shape index (κ2) is 12.2. The van der Waals surface area contributed by atoms with Crippen LogP contribution in [0.5, 0.6) is 0 Å². The standard InChI is InChI=1S/C20H25N3O.C6H12NO5P/c1-4-23(5-2)20(24)14-9-16-15-7-6-8-17-19(15)13(11-21-17)10-18(16)22(3)12-14;1-5(2)6(8)7-3-4-12-13(9,10)11/h6-9,11,14,18,21H,4-5,10,12H2,1-3H3;1,3-4H2,2H3,(H,7,8)(H2,9,10,11)/t14-,18-;/m1./s1. The van der Waals surface area contributed by atoms with Crippen molar-refractivity contribution in [3.63, 3.8) is 0 Å². The van der Waals surface area contributed by atoms with Crippen LogP contribution in [0.2, 0.25) is 0 Å². The third-order valence-corrected chi connectivity index (χ3v) is 7.21. The number of rotatable bonds is 8. The van der Waals surface area contributed by atoms with Gasteiger partial charge < -0.3 is 25.0 Å².